The van der Waals surface area contributed by atoms with Gasteiger partial charge >= 0.3 is 0 Å². The number of benzene rings is 2. The van der Waals surface area contributed by atoms with Gasteiger partial charge in [0.1, 0.15) is 5.82 Å². The van der Waals surface area contributed by atoms with Gasteiger partial charge in [-0.05, 0) is 48.4 Å². The largest absolute Gasteiger partial charge is 0.306 e. The molecule has 1 unspecified atom stereocenters. The van der Waals surface area contributed by atoms with E-state index < -0.39 is 5.82 Å². The van der Waals surface area contributed by atoms with Crippen LogP contribution in [0, 0.1) is 5.82 Å². The summed E-state index contributed by atoms with van der Waals surface area (Å²) in [7, 11) is 0. The molecule has 0 radical (unpaired) electrons. The number of hydrogen-bond acceptors (Lipinski definition) is 1. The predicted molar refractivity (Wildman–Crippen MR) is 83.1 cm³/mol. The van der Waals surface area contributed by atoms with Crippen molar-refractivity contribution in [3.8, 4) is 0 Å². The third kappa shape index (κ3) is 3.86. The fraction of sp³-hybridized carbons (Fsp3) is 0.200. The molecule has 0 aromatic heterocycles. The van der Waals surface area contributed by atoms with Crippen molar-refractivity contribution in [3.05, 3.63) is 68.4 Å². The molecular formula is C15H13Cl3FN. The van der Waals surface area contributed by atoms with Crippen LogP contribution in [0.4, 0.5) is 4.39 Å². The van der Waals surface area contributed by atoms with Crippen LogP contribution in [0.15, 0.2) is 36.4 Å². The Kier molecular flexibility index (Phi) is 5.28. The molecule has 0 amide bonds. The molecular weight excluding hydrogens is 320 g/mol. The van der Waals surface area contributed by atoms with Gasteiger partial charge in [0.05, 0.1) is 5.02 Å². The average molecular weight is 333 g/mol. The third-order valence-electron chi connectivity index (χ3n) is 3.02. The predicted octanol–water partition coefficient (Wildman–Crippen LogP) is 5.64. The van der Waals surface area contributed by atoms with E-state index in [9.17, 15) is 4.39 Å². The van der Waals surface area contributed by atoms with Crippen molar-refractivity contribution < 1.29 is 4.39 Å². The first-order valence-electron chi connectivity index (χ1n) is 6.09. The highest BCUT2D eigenvalue weighted by atomic mass is 35.5. The first kappa shape index (κ1) is 15.6. The lowest BCUT2D eigenvalue weighted by Gasteiger charge is -2.16. The van der Waals surface area contributed by atoms with E-state index >= 15 is 0 Å². The second kappa shape index (κ2) is 6.77. The molecule has 1 atom stereocenters. The summed E-state index contributed by atoms with van der Waals surface area (Å²) in [5.41, 5.74) is 1.83. The Labute approximate surface area is 132 Å². The lowest BCUT2D eigenvalue weighted by atomic mass is 10.1. The van der Waals surface area contributed by atoms with Crippen molar-refractivity contribution in [1.82, 2.24) is 5.32 Å². The summed E-state index contributed by atoms with van der Waals surface area (Å²) in [6, 6.07) is 10.0. The zero-order valence-corrected chi connectivity index (χ0v) is 13.0. The minimum absolute atomic E-state index is 0.0185. The molecule has 0 saturated carbocycles. The Morgan fingerprint density at radius 2 is 1.80 bits per heavy atom. The van der Waals surface area contributed by atoms with Crippen LogP contribution in [0.25, 0.3) is 0 Å². The average Bonchev–Trinajstić information content (AvgIpc) is 2.42. The van der Waals surface area contributed by atoms with Crippen molar-refractivity contribution in [2.45, 2.75) is 19.5 Å². The van der Waals surface area contributed by atoms with Gasteiger partial charge in [-0.1, -0.05) is 40.9 Å². The smallest absolute Gasteiger partial charge is 0.141 e. The highest BCUT2D eigenvalue weighted by Crippen LogP contribution is 2.26. The monoisotopic (exact) mass is 331 g/mol. The number of halogens is 4. The first-order chi connectivity index (χ1) is 9.47. The van der Waals surface area contributed by atoms with Crippen LogP contribution in [0.2, 0.25) is 15.1 Å². The molecule has 0 aliphatic rings. The highest BCUT2D eigenvalue weighted by molar-refractivity contribution is 6.33. The van der Waals surface area contributed by atoms with Crippen LogP contribution in [-0.4, -0.2) is 0 Å². The van der Waals surface area contributed by atoms with Crippen LogP contribution in [-0.2, 0) is 6.54 Å². The van der Waals surface area contributed by atoms with Gasteiger partial charge in [0.2, 0.25) is 0 Å². The van der Waals surface area contributed by atoms with E-state index in [-0.39, 0.29) is 11.1 Å². The Morgan fingerprint density at radius 1 is 1.05 bits per heavy atom. The zero-order valence-electron chi connectivity index (χ0n) is 10.8. The molecule has 0 spiro atoms. The van der Waals surface area contributed by atoms with Crippen LogP contribution in [0.1, 0.15) is 24.1 Å². The van der Waals surface area contributed by atoms with Crippen LogP contribution in [0.5, 0.6) is 0 Å². The van der Waals surface area contributed by atoms with E-state index in [1.807, 2.05) is 13.0 Å². The van der Waals surface area contributed by atoms with Crippen molar-refractivity contribution in [2.24, 2.45) is 0 Å². The fourth-order valence-corrected chi connectivity index (χ4v) is 2.54. The van der Waals surface area contributed by atoms with Crippen molar-refractivity contribution >= 4 is 34.8 Å². The van der Waals surface area contributed by atoms with Gasteiger partial charge in [0.15, 0.2) is 0 Å². The lowest BCUT2D eigenvalue weighted by molar-refractivity contribution is 0.573. The quantitative estimate of drug-likeness (QED) is 0.764. The fourth-order valence-electron chi connectivity index (χ4n) is 1.88. The van der Waals surface area contributed by atoms with Gasteiger partial charge in [-0.2, -0.15) is 0 Å². The Hall–Kier alpha value is -0.800. The SMILES string of the molecule is CC(NCc1ccc(F)c(Cl)c1)c1cc(Cl)ccc1Cl. The van der Waals surface area contributed by atoms with E-state index in [0.29, 0.717) is 16.6 Å². The van der Waals surface area contributed by atoms with Crippen molar-refractivity contribution in [3.63, 3.8) is 0 Å². The molecule has 0 bridgehead atoms. The van der Waals surface area contributed by atoms with Crippen molar-refractivity contribution in [2.75, 3.05) is 0 Å². The minimum atomic E-state index is -0.415. The Bertz CT molecular complexity index is 616. The second-order valence-corrected chi connectivity index (χ2v) is 5.77. The summed E-state index contributed by atoms with van der Waals surface area (Å²) in [5, 5.41) is 4.73. The first-order valence-corrected chi connectivity index (χ1v) is 7.23. The molecule has 2 rings (SSSR count). The van der Waals surface area contributed by atoms with E-state index in [4.69, 9.17) is 34.8 Å². The maximum Gasteiger partial charge on any atom is 0.141 e. The molecule has 2 aromatic rings. The van der Waals surface area contributed by atoms with Gasteiger partial charge in [-0.15, -0.1) is 0 Å². The van der Waals surface area contributed by atoms with Crippen LogP contribution in [0.3, 0.4) is 0 Å². The highest BCUT2D eigenvalue weighted by Gasteiger charge is 2.10. The molecule has 0 heterocycles. The Balaban J connectivity index is 2.06. The molecule has 1 nitrogen and oxygen atoms in total. The molecule has 2 aromatic carbocycles. The Morgan fingerprint density at radius 3 is 2.50 bits per heavy atom. The third-order valence-corrected chi connectivity index (χ3v) is 3.89. The normalized spacial score (nSPS) is 12.4. The van der Waals surface area contributed by atoms with Crippen molar-refractivity contribution in [1.29, 1.82) is 0 Å². The number of hydrogen-bond donors (Lipinski definition) is 1. The maximum absolute atomic E-state index is 13.1. The van der Waals surface area contributed by atoms with E-state index in [0.717, 1.165) is 11.1 Å². The minimum Gasteiger partial charge on any atom is -0.306 e. The zero-order chi connectivity index (χ0) is 14.7. The molecule has 0 fully saturated rings. The van der Waals surface area contributed by atoms with Gasteiger partial charge in [0.25, 0.3) is 0 Å². The van der Waals surface area contributed by atoms with E-state index in [1.54, 1.807) is 24.3 Å². The van der Waals surface area contributed by atoms with E-state index in [2.05, 4.69) is 5.32 Å². The molecule has 0 saturated heterocycles. The topological polar surface area (TPSA) is 12.0 Å². The van der Waals surface area contributed by atoms with Crippen LogP contribution >= 0.6 is 34.8 Å². The molecule has 106 valence electrons. The van der Waals surface area contributed by atoms with Crippen LogP contribution < -0.4 is 5.32 Å². The number of rotatable bonds is 4. The van der Waals surface area contributed by atoms with Gasteiger partial charge < -0.3 is 5.32 Å². The molecule has 20 heavy (non-hydrogen) atoms. The van der Waals surface area contributed by atoms with Gasteiger partial charge in [-0.25, -0.2) is 4.39 Å². The van der Waals surface area contributed by atoms with Gasteiger partial charge in [0, 0.05) is 22.6 Å². The maximum atomic E-state index is 13.1. The molecule has 0 aliphatic heterocycles. The molecule has 0 aliphatic carbocycles. The van der Waals surface area contributed by atoms with Gasteiger partial charge in [-0.3, -0.25) is 0 Å². The summed E-state index contributed by atoms with van der Waals surface area (Å²) >= 11 is 17.9. The summed E-state index contributed by atoms with van der Waals surface area (Å²) in [6.45, 7) is 2.55. The molecule has 5 heteroatoms. The van der Waals surface area contributed by atoms with E-state index in [1.165, 1.54) is 6.07 Å². The summed E-state index contributed by atoms with van der Waals surface area (Å²) in [4.78, 5) is 0. The summed E-state index contributed by atoms with van der Waals surface area (Å²) < 4.78 is 13.1. The lowest BCUT2D eigenvalue weighted by Crippen LogP contribution is -2.18. The molecule has 1 N–H and O–H groups in total. The standard InChI is InChI=1S/C15H13Cl3FN/c1-9(12-7-11(16)3-4-13(12)17)20-8-10-2-5-15(19)14(18)6-10/h2-7,9,20H,8H2,1H3. The second-order valence-electron chi connectivity index (χ2n) is 4.52. The summed E-state index contributed by atoms with van der Waals surface area (Å²) in [5.74, 6) is -0.415. The summed E-state index contributed by atoms with van der Waals surface area (Å²) in [6.07, 6.45) is 0. The number of nitrogens with one attached hydrogen (secondary N) is 1.